The Morgan fingerprint density at radius 1 is 1.33 bits per heavy atom. The molecule has 2 aliphatic rings. The summed E-state index contributed by atoms with van der Waals surface area (Å²) >= 11 is 6.25. The van der Waals surface area contributed by atoms with Crippen LogP contribution in [0, 0.1) is 11.8 Å². The summed E-state index contributed by atoms with van der Waals surface area (Å²) in [7, 11) is 1.51. The van der Waals surface area contributed by atoms with Gasteiger partial charge < -0.3 is 35.4 Å². The molecule has 36 heavy (non-hydrogen) atoms. The van der Waals surface area contributed by atoms with E-state index < -0.39 is 6.09 Å². The number of likely N-dealkylation sites (N-methyl/N-ethyl adjacent to an activating group) is 1. The SMILES string of the molecule is CN(CCOC(c1cccc(Cl)c1)C1CCCN(C(=O)NCC(N)CC2CCCCOC2)C1)C(=O)O. The molecule has 2 heterocycles. The highest BCUT2D eigenvalue weighted by Gasteiger charge is 2.31. The number of carbonyl (C=O) groups is 2. The molecule has 4 atom stereocenters. The van der Waals surface area contributed by atoms with Gasteiger partial charge in [-0.25, -0.2) is 9.59 Å². The standard InChI is InChI=1S/C26H41ClN4O5/c1-30(26(33)34)11-13-36-24(20-7-4-9-22(27)15-20)21-8-5-10-31(17-21)25(32)29-16-23(28)14-19-6-2-3-12-35-18-19/h4,7,9,15,19,21,23-24H,2-3,5-6,8,10-14,16-18,28H2,1H3,(H,29,32)(H,33,34). The fourth-order valence-electron chi connectivity index (χ4n) is 5.04. The van der Waals surface area contributed by atoms with Crippen molar-refractivity contribution in [3.05, 3.63) is 34.9 Å². The summed E-state index contributed by atoms with van der Waals surface area (Å²) in [4.78, 5) is 27.1. The number of nitrogens with two attached hydrogens (primary N) is 1. The van der Waals surface area contributed by atoms with Crippen LogP contribution in [0.1, 0.15) is 50.2 Å². The number of ether oxygens (including phenoxy) is 2. The first kappa shape index (κ1) is 28.5. The third-order valence-corrected chi connectivity index (χ3v) is 7.29. The van der Waals surface area contributed by atoms with Crippen LogP contribution < -0.4 is 11.1 Å². The number of amides is 3. The molecule has 2 fully saturated rings. The zero-order chi connectivity index (χ0) is 25.9. The topological polar surface area (TPSA) is 117 Å². The number of likely N-dealkylation sites (tertiary alicyclic amines) is 1. The zero-order valence-electron chi connectivity index (χ0n) is 21.2. The lowest BCUT2D eigenvalue weighted by Crippen LogP contribution is -2.49. The Balaban J connectivity index is 1.55. The highest BCUT2D eigenvalue weighted by Crippen LogP contribution is 2.34. The summed E-state index contributed by atoms with van der Waals surface area (Å²) in [5, 5.41) is 12.8. The molecule has 0 aromatic heterocycles. The smallest absolute Gasteiger partial charge is 0.407 e. The van der Waals surface area contributed by atoms with Gasteiger partial charge in [-0.2, -0.15) is 0 Å². The van der Waals surface area contributed by atoms with E-state index in [1.165, 1.54) is 18.4 Å². The van der Waals surface area contributed by atoms with Gasteiger partial charge in [0, 0.05) is 63.4 Å². The van der Waals surface area contributed by atoms with Crippen LogP contribution in [0.2, 0.25) is 5.02 Å². The van der Waals surface area contributed by atoms with E-state index in [-0.39, 0.29) is 37.2 Å². The van der Waals surface area contributed by atoms with E-state index in [2.05, 4.69) is 5.32 Å². The van der Waals surface area contributed by atoms with Gasteiger partial charge in [-0.05, 0) is 55.7 Å². The quantitative estimate of drug-likeness (QED) is 0.426. The first-order chi connectivity index (χ1) is 17.3. The lowest BCUT2D eigenvalue weighted by molar-refractivity contribution is -0.0154. The number of piperidine rings is 1. The van der Waals surface area contributed by atoms with Crippen LogP contribution in [0.15, 0.2) is 24.3 Å². The molecule has 1 aromatic rings. The Kier molecular flexibility index (Phi) is 11.6. The van der Waals surface area contributed by atoms with Crippen molar-refractivity contribution in [3.63, 3.8) is 0 Å². The van der Waals surface area contributed by atoms with E-state index in [1.807, 2.05) is 29.2 Å². The largest absolute Gasteiger partial charge is 0.465 e. The van der Waals surface area contributed by atoms with Crippen molar-refractivity contribution in [1.82, 2.24) is 15.1 Å². The van der Waals surface area contributed by atoms with E-state index in [0.717, 1.165) is 50.9 Å². The predicted molar refractivity (Wildman–Crippen MR) is 139 cm³/mol. The number of carbonyl (C=O) groups excluding carboxylic acids is 1. The minimum atomic E-state index is -0.997. The molecule has 9 nitrogen and oxygen atoms in total. The van der Waals surface area contributed by atoms with Crippen LogP contribution in [-0.4, -0.2) is 86.1 Å². The van der Waals surface area contributed by atoms with Crippen molar-refractivity contribution in [2.75, 3.05) is 53.0 Å². The molecule has 2 aliphatic heterocycles. The van der Waals surface area contributed by atoms with Crippen LogP contribution >= 0.6 is 11.6 Å². The van der Waals surface area contributed by atoms with Crippen molar-refractivity contribution in [2.24, 2.45) is 17.6 Å². The molecule has 4 unspecified atom stereocenters. The Morgan fingerprint density at radius 3 is 2.94 bits per heavy atom. The van der Waals surface area contributed by atoms with Crippen LogP contribution in [0.3, 0.4) is 0 Å². The summed E-state index contributed by atoms with van der Waals surface area (Å²) < 4.78 is 11.9. The van der Waals surface area contributed by atoms with Crippen molar-refractivity contribution < 1.29 is 24.2 Å². The van der Waals surface area contributed by atoms with Gasteiger partial charge in [0.15, 0.2) is 0 Å². The second-order valence-corrected chi connectivity index (χ2v) is 10.5. The third kappa shape index (κ3) is 9.10. The molecule has 4 N–H and O–H groups in total. The molecule has 3 amide bonds. The Labute approximate surface area is 219 Å². The predicted octanol–water partition coefficient (Wildman–Crippen LogP) is 3.96. The number of carboxylic acid groups (broad SMARTS) is 1. The molecular weight excluding hydrogens is 484 g/mol. The van der Waals surface area contributed by atoms with Gasteiger partial charge >= 0.3 is 12.1 Å². The molecule has 2 saturated heterocycles. The van der Waals surface area contributed by atoms with Gasteiger partial charge in [0.2, 0.25) is 0 Å². The molecule has 0 radical (unpaired) electrons. The number of hydrogen-bond acceptors (Lipinski definition) is 5. The number of benzene rings is 1. The first-order valence-electron chi connectivity index (χ1n) is 13.0. The lowest BCUT2D eigenvalue weighted by atomic mass is 9.88. The summed E-state index contributed by atoms with van der Waals surface area (Å²) in [5.74, 6) is 0.518. The van der Waals surface area contributed by atoms with Gasteiger partial charge in [-0.15, -0.1) is 0 Å². The number of nitrogens with zero attached hydrogens (tertiary/aromatic N) is 2. The summed E-state index contributed by atoms with van der Waals surface area (Å²) in [6.45, 7) is 3.75. The molecule has 202 valence electrons. The van der Waals surface area contributed by atoms with Crippen molar-refractivity contribution in [3.8, 4) is 0 Å². The normalized spacial score (nSPS) is 22.4. The summed E-state index contributed by atoms with van der Waals surface area (Å²) in [6.07, 6.45) is 4.72. The number of urea groups is 1. The van der Waals surface area contributed by atoms with Crippen LogP contribution in [0.4, 0.5) is 9.59 Å². The maximum absolute atomic E-state index is 13.0. The molecule has 0 bridgehead atoms. The second kappa shape index (κ2) is 14.6. The van der Waals surface area contributed by atoms with Crippen molar-refractivity contribution in [1.29, 1.82) is 0 Å². The number of nitrogens with one attached hydrogen (secondary N) is 1. The fraction of sp³-hybridized carbons (Fsp3) is 0.692. The third-order valence-electron chi connectivity index (χ3n) is 7.06. The Hall–Kier alpha value is -2.07. The van der Waals surface area contributed by atoms with Gasteiger partial charge in [0.1, 0.15) is 0 Å². The highest BCUT2D eigenvalue weighted by molar-refractivity contribution is 6.30. The second-order valence-electron chi connectivity index (χ2n) is 10.0. The monoisotopic (exact) mass is 524 g/mol. The van der Waals surface area contributed by atoms with Crippen molar-refractivity contribution >= 4 is 23.7 Å². The van der Waals surface area contributed by atoms with Gasteiger partial charge in [-0.1, -0.05) is 30.2 Å². The molecular formula is C26H41ClN4O5. The lowest BCUT2D eigenvalue weighted by Gasteiger charge is -2.37. The Morgan fingerprint density at radius 2 is 2.17 bits per heavy atom. The summed E-state index contributed by atoms with van der Waals surface area (Å²) in [5.41, 5.74) is 7.26. The van der Waals surface area contributed by atoms with E-state index in [4.69, 9.17) is 31.9 Å². The van der Waals surface area contributed by atoms with Crippen molar-refractivity contribution in [2.45, 2.75) is 50.7 Å². The van der Waals surface area contributed by atoms with E-state index in [9.17, 15) is 9.59 Å². The number of halogens is 1. The highest BCUT2D eigenvalue weighted by atomic mass is 35.5. The van der Waals surface area contributed by atoms with Gasteiger partial charge in [0.05, 0.1) is 12.7 Å². The minimum absolute atomic E-state index is 0.0647. The van der Waals surface area contributed by atoms with E-state index in [1.54, 1.807) is 0 Å². The average molecular weight is 525 g/mol. The maximum atomic E-state index is 13.0. The fourth-order valence-corrected chi connectivity index (χ4v) is 5.24. The van der Waals surface area contributed by atoms with Gasteiger partial charge in [-0.3, -0.25) is 0 Å². The Bertz CT molecular complexity index is 836. The summed E-state index contributed by atoms with van der Waals surface area (Å²) in [6, 6.07) is 7.32. The maximum Gasteiger partial charge on any atom is 0.407 e. The van der Waals surface area contributed by atoms with Gasteiger partial charge in [0.25, 0.3) is 0 Å². The van der Waals surface area contributed by atoms with Crippen LogP contribution in [0.5, 0.6) is 0 Å². The number of hydrogen-bond donors (Lipinski definition) is 3. The molecule has 10 heteroatoms. The average Bonchev–Trinajstić information content (AvgIpc) is 3.13. The first-order valence-corrected chi connectivity index (χ1v) is 13.4. The van der Waals surface area contributed by atoms with Crippen LogP contribution in [-0.2, 0) is 9.47 Å². The number of rotatable bonds is 10. The van der Waals surface area contributed by atoms with E-state index in [0.29, 0.717) is 30.6 Å². The minimum Gasteiger partial charge on any atom is -0.465 e. The van der Waals surface area contributed by atoms with Crippen LogP contribution in [0.25, 0.3) is 0 Å². The molecule has 1 aromatic carbocycles. The zero-order valence-corrected chi connectivity index (χ0v) is 22.0. The molecule has 0 saturated carbocycles. The van der Waals surface area contributed by atoms with E-state index >= 15 is 0 Å². The molecule has 3 rings (SSSR count). The molecule has 0 spiro atoms. The molecule has 0 aliphatic carbocycles.